The van der Waals surface area contributed by atoms with E-state index in [0.29, 0.717) is 10.6 Å². The molecular weight excluding hydrogens is 300 g/mol. The van der Waals surface area contributed by atoms with Crippen molar-refractivity contribution in [3.8, 4) is 0 Å². The minimum absolute atomic E-state index is 0.0477. The van der Waals surface area contributed by atoms with Crippen LogP contribution in [0, 0.1) is 10.1 Å². The quantitative estimate of drug-likeness (QED) is 0.512. The third-order valence-corrected chi connectivity index (χ3v) is 5.05. The van der Waals surface area contributed by atoms with Gasteiger partial charge in [0, 0.05) is 22.6 Å². The molecule has 1 N–H and O–H groups in total. The highest BCUT2D eigenvalue weighted by molar-refractivity contribution is 8.00. The van der Waals surface area contributed by atoms with E-state index < -0.39 is 20.5 Å². The second kappa shape index (κ2) is 6.11. The van der Waals surface area contributed by atoms with Crippen LogP contribution in [0.4, 0.5) is 5.69 Å². The van der Waals surface area contributed by atoms with Gasteiger partial charge in [0.25, 0.3) is 5.69 Å². The lowest BCUT2D eigenvalue weighted by Gasteiger charge is -2.21. The summed E-state index contributed by atoms with van der Waals surface area (Å²) in [7, 11) is -3.80. The molecule has 0 heterocycles. The van der Waals surface area contributed by atoms with Gasteiger partial charge in [0.05, 0.1) is 4.92 Å². The fourth-order valence-electron chi connectivity index (χ4n) is 1.55. The van der Waals surface area contributed by atoms with Crippen LogP contribution in [0.5, 0.6) is 0 Å². The first-order chi connectivity index (χ1) is 9.07. The third kappa shape index (κ3) is 4.46. The van der Waals surface area contributed by atoms with Gasteiger partial charge in [-0.3, -0.25) is 10.1 Å². The van der Waals surface area contributed by atoms with Crippen LogP contribution in [-0.4, -0.2) is 24.6 Å². The van der Waals surface area contributed by atoms with E-state index in [9.17, 15) is 18.5 Å². The van der Waals surface area contributed by atoms with Crippen molar-refractivity contribution in [2.24, 2.45) is 0 Å². The molecule has 1 aromatic rings. The number of non-ortho nitro benzene ring substituents is 1. The van der Waals surface area contributed by atoms with Crippen molar-refractivity contribution in [3.63, 3.8) is 0 Å². The zero-order valence-corrected chi connectivity index (χ0v) is 13.5. The van der Waals surface area contributed by atoms with Gasteiger partial charge in [-0.05, 0) is 32.6 Å². The Morgan fingerprint density at radius 2 is 1.95 bits per heavy atom. The molecule has 6 nitrogen and oxygen atoms in total. The van der Waals surface area contributed by atoms with Crippen LogP contribution in [0.25, 0.3) is 0 Å². The number of benzene rings is 1. The molecule has 1 rings (SSSR count). The lowest BCUT2D eigenvalue weighted by Crippen LogP contribution is -2.40. The van der Waals surface area contributed by atoms with E-state index in [-0.39, 0.29) is 10.6 Å². The van der Waals surface area contributed by atoms with Crippen molar-refractivity contribution < 1.29 is 13.3 Å². The number of thioether (sulfide) groups is 1. The number of nitrogens with one attached hydrogen (secondary N) is 1. The molecule has 0 unspecified atom stereocenters. The summed E-state index contributed by atoms with van der Waals surface area (Å²) in [6, 6.07) is 3.89. The second-order valence-corrected chi connectivity index (χ2v) is 8.13. The smallest absolute Gasteiger partial charge is 0.258 e. The highest BCUT2D eigenvalue weighted by atomic mass is 32.2. The molecule has 1 aromatic carbocycles. The molecule has 0 atom stereocenters. The average molecular weight is 318 g/mol. The summed E-state index contributed by atoms with van der Waals surface area (Å²) in [5.41, 5.74) is -0.892. The van der Waals surface area contributed by atoms with Gasteiger partial charge in [-0.15, -0.1) is 11.8 Å². The summed E-state index contributed by atoms with van der Waals surface area (Å²) in [6.45, 7) is 7.04. The third-order valence-electron chi connectivity index (χ3n) is 2.17. The van der Waals surface area contributed by atoms with Gasteiger partial charge in [0.15, 0.2) is 0 Å². The minimum Gasteiger partial charge on any atom is -0.258 e. The molecule has 0 aliphatic rings. The topological polar surface area (TPSA) is 89.3 Å². The normalized spacial score (nSPS) is 12.4. The fourth-order valence-corrected chi connectivity index (χ4v) is 4.26. The van der Waals surface area contributed by atoms with E-state index >= 15 is 0 Å². The van der Waals surface area contributed by atoms with E-state index in [0.717, 1.165) is 6.07 Å². The zero-order chi connectivity index (χ0) is 15.6. The number of nitrogens with zero attached hydrogens (tertiary/aromatic N) is 1. The van der Waals surface area contributed by atoms with Crippen LogP contribution in [-0.2, 0) is 10.0 Å². The number of nitro benzene ring substituents is 1. The largest absolute Gasteiger partial charge is 0.270 e. The maximum absolute atomic E-state index is 12.4. The van der Waals surface area contributed by atoms with E-state index in [1.54, 1.807) is 20.8 Å². The van der Waals surface area contributed by atoms with Gasteiger partial charge in [-0.2, -0.15) is 0 Å². The van der Waals surface area contributed by atoms with Gasteiger partial charge in [-0.25, -0.2) is 13.1 Å². The summed E-state index contributed by atoms with van der Waals surface area (Å²) in [5, 5.41) is 10.8. The molecule has 0 bridgehead atoms. The molecule has 0 saturated heterocycles. The lowest BCUT2D eigenvalue weighted by atomic mass is 10.1. The highest BCUT2D eigenvalue weighted by Gasteiger charge is 2.26. The molecule has 0 saturated carbocycles. The molecule has 20 heavy (non-hydrogen) atoms. The van der Waals surface area contributed by atoms with Gasteiger partial charge in [-0.1, -0.05) is 6.92 Å². The standard InChI is InChI=1S/C12H18N2O4S2/c1-5-19-10-7-6-9(14(15)16)8-11(10)20(17,18)13-12(2,3)4/h6-8,13H,5H2,1-4H3. The van der Waals surface area contributed by atoms with Crippen LogP contribution in [0.3, 0.4) is 0 Å². The number of sulfonamides is 1. The Morgan fingerprint density at radius 3 is 2.40 bits per heavy atom. The lowest BCUT2D eigenvalue weighted by molar-refractivity contribution is -0.385. The molecule has 0 radical (unpaired) electrons. The van der Waals surface area contributed by atoms with Crippen molar-refractivity contribution >= 4 is 27.5 Å². The summed E-state index contributed by atoms with van der Waals surface area (Å²) in [4.78, 5) is 10.7. The van der Waals surface area contributed by atoms with Crippen LogP contribution in [0.15, 0.2) is 28.0 Å². The van der Waals surface area contributed by atoms with E-state index in [4.69, 9.17) is 0 Å². The first kappa shape index (κ1) is 16.9. The molecule has 0 aliphatic heterocycles. The Kier molecular flexibility index (Phi) is 5.17. The molecule has 0 fully saturated rings. The predicted octanol–water partition coefficient (Wildman–Crippen LogP) is 2.78. The van der Waals surface area contributed by atoms with Gasteiger partial charge >= 0.3 is 0 Å². The molecular formula is C12H18N2O4S2. The molecule has 0 spiro atoms. The summed E-state index contributed by atoms with van der Waals surface area (Å²) < 4.78 is 27.3. The Balaban J connectivity index is 3.39. The summed E-state index contributed by atoms with van der Waals surface area (Å²) in [6.07, 6.45) is 0. The Morgan fingerprint density at radius 1 is 1.35 bits per heavy atom. The number of nitro groups is 1. The molecule has 8 heteroatoms. The fraction of sp³-hybridized carbons (Fsp3) is 0.500. The van der Waals surface area contributed by atoms with Gasteiger partial charge in [0.1, 0.15) is 4.90 Å². The Hall–Kier alpha value is -1.12. The van der Waals surface area contributed by atoms with Crippen LogP contribution < -0.4 is 4.72 Å². The maximum Gasteiger partial charge on any atom is 0.270 e. The molecule has 0 aliphatic carbocycles. The van der Waals surface area contributed by atoms with Crippen LogP contribution >= 0.6 is 11.8 Å². The first-order valence-corrected chi connectivity index (χ1v) is 8.49. The average Bonchev–Trinajstić information content (AvgIpc) is 2.26. The van der Waals surface area contributed by atoms with E-state index in [2.05, 4.69) is 4.72 Å². The number of hydrogen-bond donors (Lipinski definition) is 1. The second-order valence-electron chi connectivity index (χ2n) is 5.18. The van der Waals surface area contributed by atoms with Crippen molar-refractivity contribution in [1.29, 1.82) is 0 Å². The summed E-state index contributed by atoms with van der Waals surface area (Å²) >= 11 is 1.33. The molecule has 112 valence electrons. The van der Waals surface area contributed by atoms with Crippen LogP contribution in [0.1, 0.15) is 27.7 Å². The van der Waals surface area contributed by atoms with Crippen molar-refractivity contribution in [1.82, 2.24) is 4.72 Å². The van der Waals surface area contributed by atoms with Crippen molar-refractivity contribution in [2.45, 2.75) is 43.0 Å². The van der Waals surface area contributed by atoms with Crippen molar-refractivity contribution in [2.75, 3.05) is 5.75 Å². The van der Waals surface area contributed by atoms with Crippen molar-refractivity contribution in [3.05, 3.63) is 28.3 Å². The Labute approximate surface area is 123 Å². The van der Waals surface area contributed by atoms with E-state index in [1.807, 2.05) is 6.92 Å². The monoisotopic (exact) mass is 318 g/mol. The maximum atomic E-state index is 12.4. The van der Waals surface area contributed by atoms with Gasteiger partial charge < -0.3 is 0 Å². The van der Waals surface area contributed by atoms with Gasteiger partial charge in [0.2, 0.25) is 10.0 Å². The SMILES string of the molecule is CCSc1ccc([N+](=O)[O-])cc1S(=O)(=O)NC(C)(C)C. The zero-order valence-electron chi connectivity index (χ0n) is 11.8. The molecule has 0 amide bonds. The van der Waals surface area contributed by atoms with E-state index in [1.165, 1.54) is 23.9 Å². The van der Waals surface area contributed by atoms with Crippen LogP contribution in [0.2, 0.25) is 0 Å². The minimum atomic E-state index is -3.80. The summed E-state index contributed by atoms with van der Waals surface area (Å²) in [5.74, 6) is 0.676. The molecule has 0 aromatic heterocycles. The first-order valence-electron chi connectivity index (χ1n) is 6.02. The number of rotatable bonds is 5. The Bertz CT molecular complexity index is 606. The number of hydrogen-bond acceptors (Lipinski definition) is 5. The highest BCUT2D eigenvalue weighted by Crippen LogP contribution is 2.30. The predicted molar refractivity (Wildman–Crippen MR) is 79.6 cm³/mol.